The number of H-pyrrole nitrogens is 1. The number of carbonyl (C=O) groups is 2. The van der Waals surface area contributed by atoms with Gasteiger partial charge in [0.05, 0.1) is 6.42 Å². The zero-order chi connectivity index (χ0) is 15.4. The van der Waals surface area contributed by atoms with E-state index in [4.69, 9.17) is 4.74 Å². The minimum atomic E-state index is -0.231. The van der Waals surface area contributed by atoms with Crippen molar-refractivity contribution in [2.24, 2.45) is 5.92 Å². The van der Waals surface area contributed by atoms with Gasteiger partial charge in [-0.3, -0.25) is 20.4 Å². The molecule has 1 aromatic carbocycles. The van der Waals surface area contributed by atoms with Crippen molar-refractivity contribution in [2.45, 2.75) is 19.3 Å². The predicted molar refractivity (Wildman–Crippen MR) is 81.8 cm³/mol. The Morgan fingerprint density at radius 1 is 1.18 bits per heavy atom. The zero-order valence-electron chi connectivity index (χ0n) is 12.2. The molecule has 3 N–H and O–H groups in total. The van der Waals surface area contributed by atoms with Crippen LogP contribution >= 0.6 is 0 Å². The number of aromatic amines is 1. The standard InChI is InChI=1S/C16H19N3O3/c20-15(18-19-16(21)11-5-7-22-8-6-11)9-12-10-17-14-4-2-1-3-13(12)14/h1-4,10-11,17H,5-9H2,(H,18,20)(H,19,21). The Morgan fingerprint density at radius 3 is 2.77 bits per heavy atom. The summed E-state index contributed by atoms with van der Waals surface area (Å²) in [5.74, 6) is -0.456. The summed E-state index contributed by atoms with van der Waals surface area (Å²) in [5, 5.41) is 1.02. The van der Waals surface area contributed by atoms with Crippen molar-refractivity contribution in [1.29, 1.82) is 0 Å². The minimum Gasteiger partial charge on any atom is -0.381 e. The summed E-state index contributed by atoms with van der Waals surface area (Å²) < 4.78 is 5.22. The second-order valence-electron chi connectivity index (χ2n) is 5.46. The van der Waals surface area contributed by atoms with Crippen LogP contribution in [0.4, 0.5) is 0 Å². The number of fused-ring (bicyclic) bond motifs is 1. The highest BCUT2D eigenvalue weighted by atomic mass is 16.5. The van der Waals surface area contributed by atoms with E-state index in [1.807, 2.05) is 30.5 Å². The lowest BCUT2D eigenvalue weighted by atomic mass is 10.00. The molecule has 0 saturated carbocycles. The lowest BCUT2D eigenvalue weighted by Gasteiger charge is -2.21. The summed E-state index contributed by atoms with van der Waals surface area (Å²) >= 11 is 0. The molecule has 6 nitrogen and oxygen atoms in total. The first-order valence-corrected chi connectivity index (χ1v) is 7.45. The van der Waals surface area contributed by atoms with E-state index in [0.717, 1.165) is 16.5 Å². The van der Waals surface area contributed by atoms with Crippen molar-refractivity contribution < 1.29 is 14.3 Å². The van der Waals surface area contributed by atoms with Crippen LogP contribution in [0.2, 0.25) is 0 Å². The lowest BCUT2D eigenvalue weighted by Crippen LogP contribution is -2.46. The van der Waals surface area contributed by atoms with Crippen LogP contribution in [-0.4, -0.2) is 30.0 Å². The second kappa shape index (κ2) is 6.62. The Hall–Kier alpha value is -2.34. The van der Waals surface area contributed by atoms with E-state index in [-0.39, 0.29) is 24.2 Å². The smallest absolute Gasteiger partial charge is 0.242 e. The van der Waals surface area contributed by atoms with Crippen molar-refractivity contribution in [1.82, 2.24) is 15.8 Å². The number of hydrogen-bond donors (Lipinski definition) is 3. The van der Waals surface area contributed by atoms with Gasteiger partial charge in [-0.05, 0) is 24.5 Å². The van der Waals surface area contributed by atoms with Crippen molar-refractivity contribution in [3.8, 4) is 0 Å². The molecule has 116 valence electrons. The van der Waals surface area contributed by atoms with Gasteiger partial charge in [0.15, 0.2) is 0 Å². The maximum Gasteiger partial charge on any atom is 0.242 e. The maximum atomic E-state index is 12.0. The SMILES string of the molecule is O=C(Cc1c[nH]c2ccccc12)NNC(=O)C1CCOCC1. The third-order valence-corrected chi connectivity index (χ3v) is 3.94. The van der Waals surface area contributed by atoms with Gasteiger partial charge in [0, 0.05) is 36.2 Å². The van der Waals surface area contributed by atoms with Gasteiger partial charge in [-0.25, -0.2) is 0 Å². The Balaban J connectivity index is 1.53. The Bertz CT molecular complexity index is 674. The van der Waals surface area contributed by atoms with Crippen LogP contribution in [-0.2, 0) is 20.7 Å². The van der Waals surface area contributed by atoms with Crippen LogP contribution in [0.1, 0.15) is 18.4 Å². The van der Waals surface area contributed by atoms with Gasteiger partial charge in [-0.1, -0.05) is 18.2 Å². The number of aromatic nitrogens is 1. The average Bonchev–Trinajstić information content (AvgIpc) is 2.97. The van der Waals surface area contributed by atoms with Crippen LogP contribution in [0.25, 0.3) is 10.9 Å². The molecule has 2 amide bonds. The normalized spacial score (nSPS) is 15.6. The highest BCUT2D eigenvalue weighted by molar-refractivity contribution is 5.90. The number of carbonyl (C=O) groups excluding carboxylic acids is 2. The topological polar surface area (TPSA) is 83.2 Å². The molecule has 0 radical (unpaired) electrons. The van der Waals surface area contributed by atoms with E-state index < -0.39 is 0 Å². The molecule has 1 aliphatic heterocycles. The number of benzene rings is 1. The van der Waals surface area contributed by atoms with E-state index in [1.165, 1.54) is 0 Å². The number of para-hydroxylation sites is 1. The summed E-state index contributed by atoms with van der Waals surface area (Å²) in [4.78, 5) is 27.0. The van der Waals surface area contributed by atoms with Crippen molar-refractivity contribution in [3.63, 3.8) is 0 Å². The maximum absolute atomic E-state index is 12.0. The fraction of sp³-hybridized carbons (Fsp3) is 0.375. The number of amides is 2. The largest absolute Gasteiger partial charge is 0.381 e. The molecule has 0 spiro atoms. The van der Waals surface area contributed by atoms with E-state index in [9.17, 15) is 9.59 Å². The molecule has 0 atom stereocenters. The van der Waals surface area contributed by atoms with Gasteiger partial charge < -0.3 is 9.72 Å². The molecule has 0 aliphatic carbocycles. The fourth-order valence-electron chi connectivity index (χ4n) is 2.69. The Kier molecular flexibility index (Phi) is 4.39. The molecule has 1 fully saturated rings. The molecular formula is C16H19N3O3. The van der Waals surface area contributed by atoms with Crippen molar-refractivity contribution in [3.05, 3.63) is 36.0 Å². The van der Waals surface area contributed by atoms with Gasteiger partial charge in [-0.15, -0.1) is 0 Å². The number of hydrazine groups is 1. The fourth-order valence-corrected chi connectivity index (χ4v) is 2.69. The molecule has 1 aliphatic rings. The highest BCUT2D eigenvalue weighted by Gasteiger charge is 2.21. The van der Waals surface area contributed by atoms with Gasteiger partial charge in [0.1, 0.15) is 0 Å². The van der Waals surface area contributed by atoms with Gasteiger partial charge in [0.25, 0.3) is 0 Å². The first kappa shape index (κ1) is 14.6. The van der Waals surface area contributed by atoms with E-state index in [2.05, 4.69) is 15.8 Å². The predicted octanol–water partition coefficient (Wildman–Crippen LogP) is 1.28. The molecule has 3 rings (SSSR count). The minimum absolute atomic E-state index is 0.0814. The molecule has 22 heavy (non-hydrogen) atoms. The van der Waals surface area contributed by atoms with Crippen LogP contribution in [0.5, 0.6) is 0 Å². The Morgan fingerprint density at radius 2 is 1.95 bits per heavy atom. The Labute approximate surface area is 128 Å². The molecule has 2 heterocycles. The molecule has 0 bridgehead atoms. The third-order valence-electron chi connectivity index (χ3n) is 3.94. The number of ether oxygens (including phenoxy) is 1. The van der Waals surface area contributed by atoms with Gasteiger partial charge in [-0.2, -0.15) is 0 Å². The first-order valence-electron chi connectivity index (χ1n) is 7.45. The second-order valence-corrected chi connectivity index (χ2v) is 5.46. The molecule has 2 aromatic rings. The zero-order valence-corrected chi connectivity index (χ0v) is 12.2. The average molecular weight is 301 g/mol. The van der Waals surface area contributed by atoms with Crippen LogP contribution in [0.15, 0.2) is 30.5 Å². The third kappa shape index (κ3) is 3.28. The summed E-state index contributed by atoms with van der Waals surface area (Å²) in [6, 6.07) is 7.81. The number of rotatable bonds is 3. The molecule has 1 saturated heterocycles. The quantitative estimate of drug-likeness (QED) is 0.747. The molecular weight excluding hydrogens is 282 g/mol. The van der Waals surface area contributed by atoms with Crippen LogP contribution in [0.3, 0.4) is 0 Å². The van der Waals surface area contributed by atoms with Gasteiger partial charge >= 0.3 is 0 Å². The van der Waals surface area contributed by atoms with Crippen LogP contribution in [0, 0.1) is 5.92 Å². The summed E-state index contributed by atoms with van der Waals surface area (Å²) in [7, 11) is 0. The highest BCUT2D eigenvalue weighted by Crippen LogP contribution is 2.18. The summed E-state index contributed by atoms with van der Waals surface area (Å²) in [6.45, 7) is 1.20. The van der Waals surface area contributed by atoms with E-state index in [1.54, 1.807) is 0 Å². The first-order chi connectivity index (χ1) is 10.7. The van der Waals surface area contributed by atoms with Crippen molar-refractivity contribution >= 4 is 22.7 Å². The van der Waals surface area contributed by atoms with Crippen molar-refractivity contribution in [2.75, 3.05) is 13.2 Å². The number of hydrogen-bond acceptors (Lipinski definition) is 3. The lowest BCUT2D eigenvalue weighted by molar-refractivity contribution is -0.132. The molecule has 1 aromatic heterocycles. The molecule has 6 heteroatoms. The van der Waals surface area contributed by atoms with E-state index in [0.29, 0.717) is 26.1 Å². The summed E-state index contributed by atoms with van der Waals surface area (Å²) in [5.41, 5.74) is 6.91. The van der Waals surface area contributed by atoms with Crippen LogP contribution < -0.4 is 10.9 Å². The molecule has 0 unspecified atom stereocenters. The number of nitrogens with one attached hydrogen (secondary N) is 3. The van der Waals surface area contributed by atoms with E-state index >= 15 is 0 Å². The monoisotopic (exact) mass is 301 g/mol. The summed E-state index contributed by atoms with van der Waals surface area (Å²) in [6.07, 6.45) is 3.44. The van der Waals surface area contributed by atoms with Gasteiger partial charge in [0.2, 0.25) is 11.8 Å².